The van der Waals surface area contributed by atoms with Crippen LogP contribution in [-0.4, -0.2) is 24.0 Å². The van der Waals surface area contributed by atoms with Crippen molar-refractivity contribution in [3.05, 3.63) is 33.4 Å². The lowest BCUT2D eigenvalue weighted by Gasteiger charge is -2.48. The van der Waals surface area contributed by atoms with E-state index >= 15 is 0 Å². The molecule has 1 spiro atoms. The first-order chi connectivity index (χ1) is 9.17. The molecule has 1 aliphatic carbocycles. The molecule has 4 heteroatoms. The van der Waals surface area contributed by atoms with E-state index in [9.17, 15) is 4.79 Å². The normalized spacial score (nSPS) is 24.8. The number of carbonyl (C=O) groups is 1. The molecule has 1 atom stereocenters. The van der Waals surface area contributed by atoms with Gasteiger partial charge >= 0.3 is 0 Å². The lowest BCUT2D eigenvalue weighted by atomic mass is 9.70. The molecule has 19 heavy (non-hydrogen) atoms. The van der Waals surface area contributed by atoms with Crippen molar-refractivity contribution in [2.24, 2.45) is 0 Å². The SMILES string of the molecule is O=C(NC1CCNC2(CCC2)C1)c1cccc(I)c1. The topological polar surface area (TPSA) is 41.1 Å². The van der Waals surface area contributed by atoms with Crippen molar-refractivity contribution < 1.29 is 4.79 Å². The first kappa shape index (κ1) is 13.4. The molecule has 2 N–H and O–H groups in total. The molecule has 1 saturated heterocycles. The Morgan fingerprint density at radius 3 is 2.95 bits per heavy atom. The number of piperidine rings is 1. The molecule has 1 amide bonds. The fourth-order valence-electron chi connectivity index (χ4n) is 3.16. The van der Waals surface area contributed by atoms with Crippen LogP contribution in [0.2, 0.25) is 0 Å². The number of carbonyl (C=O) groups excluding carboxylic acids is 1. The van der Waals surface area contributed by atoms with Crippen LogP contribution < -0.4 is 10.6 Å². The Kier molecular flexibility index (Phi) is 3.80. The van der Waals surface area contributed by atoms with E-state index in [1.165, 1.54) is 19.3 Å². The summed E-state index contributed by atoms with van der Waals surface area (Å²) >= 11 is 2.24. The molecule has 1 unspecified atom stereocenters. The summed E-state index contributed by atoms with van der Waals surface area (Å²) in [4.78, 5) is 12.2. The molecule has 3 nitrogen and oxygen atoms in total. The van der Waals surface area contributed by atoms with E-state index in [2.05, 4.69) is 33.2 Å². The summed E-state index contributed by atoms with van der Waals surface area (Å²) in [5.41, 5.74) is 1.11. The van der Waals surface area contributed by atoms with Crippen LogP contribution in [0.5, 0.6) is 0 Å². The molecule has 1 aliphatic heterocycles. The number of rotatable bonds is 2. The Morgan fingerprint density at radius 1 is 1.42 bits per heavy atom. The van der Waals surface area contributed by atoms with Crippen LogP contribution in [0, 0.1) is 3.57 Å². The van der Waals surface area contributed by atoms with Crippen LogP contribution in [0.15, 0.2) is 24.3 Å². The van der Waals surface area contributed by atoms with Crippen LogP contribution in [0.3, 0.4) is 0 Å². The first-order valence-corrected chi connectivity index (χ1v) is 8.06. The predicted molar refractivity (Wildman–Crippen MR) is 84.2 cm³/mol. The maximum absolute atomic E-state index is 12.2. The molecule has 0 radical (unpaired) electrons. The molecule has 102 valence electrons. The molecule has 2 aliphatic rings. The maximum Gasteiger partial charge on any atom is 0.251 e. The van der Waals surface area contributed by atoms with Gasteiger partial charge in [-0.3, -0.25) is 4.79 Å². The van der Waals surface area contributed by atoms with E-state index in [1.807, 2.05) is 24.3 Å². The highest BCUT2D eigenvalue weighted by Gasteiger charge is 2.41. The van der Waals surface area contributed by atoms with E-state index in [0.717, 1.165) is 28.5 Å². The molecule has 1 aromatic rings. The van der Waals surface area contributed by atoms with Gasteiger partial charge in [-0.15, -0.1) is 0 Å². The van der Waals surface area contributed by atoms with Gasteiger partial charge in [0.2, 0.25) is 0 Å². The van der Waals surface area contributed by atoms with Crippen molar-refractivity contribution in [1.29, 1.82) is 0 Å². The molecule has 3 rings (SSSR count). The molecule has 2 fully saturated rings. The second kappa shape index (κ2) is 5.40. The summed E-state index contributed by atoms with van der Waals surface area (Å²) in [7, 11) is 0. The highest BCUT2D eigenvalue weighted by molar-refractivity contribution is 14.1. The van der Waals surface area contributed by atoms with E-state index in [4.69, 9.17) is 0 Å². The van der Waals surface area contributed by atoms with Crippen molar-refractivity contribution in [2.75, 3.05) is 6.54 Å². The second-order valence-electron chi connectivity index (χ2n) is 5.73. The van der Waals surface area contributed by atoms with Crippen molar-refractivity contribution in [3.63, 3.8) is 0 Å². The van der Waals surface area contributed by atoms with Gasteiger partial charge < -0.3 is 10.6 Å². The summed E-state index contributed by atoms with van der Waals surface area (Å²) in [6, 6.07) is 8.10. The number of nitrogens with one attached hydrogen (secondary N) is 2. The minimum atomic E-state index is 0.0693. The van der Waals surface area contributed by atoms with Crippen LogP contribution in [-0.2, 0) is 0 Å². The van der Waals surface area contributed by atoms with Gasteiger partial charge in [0, 0.05) is 20.7 Å². The molecule has 0 bridgehead atoms. The van der Waals surface area contributed by atoms with E-state index < -0.39 is 0 Å². The highest BCUT2D eigenvalue weighted by Crippen LogP contribution is 2.38. The zero-order chi connectivity index (χ0) is 13.3. The van der Waals surface area contributed by atoms with Gasteiger partial charge in [-0.1, -0.05) is 6.07 Å². The Bertz CT molecular complexity index is 485. The van der Waals surface area contributed by atoms with E-state index in [1.54, 1.807) is 0 Å². The summed E-state index contributed by atoms with van der Waals surface area (Å²) in [6.07, 6.45) is 5.98. The highest BCUT2D eigenvalue weighted by atomic mass is 127. The van der Waals surface area contributed by atoms with Gasteiger partial charge in [0.1, 0.15) is 0 Å². The van der Waals surface area contributed by atoms with E-state index in [-0.39, 0.29) is 5.91 Å². The molecule has 1 heterocycles. The van der Waals surface area contributed by atoms with Crippen molar-refractivity contribution in [1.82, 2.24) is 10.6 Å². The fourth-order valence-corrected chi connectivity index (χ4v) is 3.71. The van der Waals surface area contributed by atoms with Crippen LogP contribution in [0.4, 0.5) is 0 Å². The zero-order valence-corrected chi connectivity index (χ0v) is 13.1. The summed E-state index contributed by atoms with van der Waals surface area (Å²) in [5.74, 6) is 0.0693. The minimum Gasteiger partial charge on any atom is -0.349 e. The van der Waals surface area contributed by atoms with Gasteiger partial charge in [-0.2, -0.15) is 0 Å². The average Bonchev–Trinajstić information content (AvgIpc) is 2.37. The summed E-state index contributed by atoms with van der Waals surface area (Å²) < 4.78 is 1.10. The molecule has 1 aromatic carbocycles. The summed E-state index contributed by atoms with van der Waals surface area (Å²) in [6.45, 7) is 1.03. The molecular formula is C15H19IN2O. The number of hydrogen-bond donors (Lipinski definition) is 2. The number of halogens is 1. The van der Waals surface area contributed by atoms with Crippen molar-refractivity contribution >= 4 is 28.5 Å². The maximum atomic E-state index is 12.2. The second-order valence-corrected chi connectivity index (χ2v) is 6.98. The average molecular weight is 370 g/mol. The lowest BCUT2D eigenvalue weighted by molar-refractivity contribution is 0.0853. The third-order valence-electron chi connectivity index (χ3n) is 4.36. The quantitative estimate of drug-likeness (QED) is 0.787. The third-order valence-corrected chi connectivity index (χ3v) is 5.03. The van der Waals surface area contributed by atoms with Gasteiger partial charge in [-0.25, -0.2) is 0 Å². The largest absolute Gasteiger partial charge is 0.349 e. The fraction of sp³-hybridized carbons (Fsp3) is 0.533. The van der Waals surface area contributed by atoms with Gasteiger partial charge in [0.25, 0.3) is 5.91 Å². The van der Waals surface area contributed by atoms with Crippen LogP contribution in [0.25, 0.3) is 0 Å². The lowest BCUT2D eigenvalue weighted by Crippen LogP contribution is -2.59. The van der Waals surface area contributed by atoms with E-state index in [0.29, 0.717) is 11.6 Å². The van der Waals surface area contributed by atoms with Crippen LogP contribution >= 0.6 is 22.6 Å². The van der Waals surface area contributed by atoms with Gasteiger partial charge in [-0.05, 0) is 79.4 Å². The monoisotopic (exact) mass is 370 g/mol. The Labute approximate surface area is 127 Å². The molecule has 0 aromatic heterocycles. The van der Waals surface area contributed by atoms with Gasteiger partial charge in [0.15, 0.2) is 0 Å². The molecule has 1 saturated carbocycles. The van der Waals surface area contributed by atoms with Gasteiger partial charge in [0.05, 0.1) is 0 Å². The predicted octanol–water partition coefficient (Wildman–Crippen LogP) is 2.70. The Morgan fingerprint density at radius 2 is 2.26 bits per heavy atom. The Hall–Kier alpha value is -0.620. The van der Waals surface area contributed by atoms with Crippen molar-refractivity contribution in [3.8, 4) is 0 Å². The first-order valence-electron chi connectivity index (χ1n) is 6.98. The number of amides is 1. The zero-order valence-electron chi connectivity index (χ0n) is 10.9. The van der Waals surface area contributed by atoms with Crippen LogP contribution in [0.1, 0.15) is 42.5 Å². The Balaban J connectivity index is 1.63. The number of benzene rings is 1. The van der Waals surface area contributed by atoms with Crippen molar-refractivity contribution in [2.45, 2.75) is 43.7 Å². The minimum absolute atomic E-state index is 0.0693. The summed E-state index contributed by atoms with van der Waals surface area (Å²) in [5, 5.41) is 6.84. The smallest absolute Gasteiger partial charge is 0.251 e. The molecular weight excluding hydrogens is 351 g/mol. The standard InChI is InChI=1S/C15H19IN2O/c16-12-4-1-3-11(9-12)14(19)18-13-5-8-17-15(10-13)6-2-7-15/h1,3-4,9,13,17H,2,5-8,10H2,(H,18,19). The third kappa shape index (κ3) is 2.94. The number of hydrogen-bond acceptors (Lipinski definition) is 2.